The molecule has 3 aromatic rings. The van der Waals surface area contributed by atoms with Crippen LogP contribution in [0.4, 0.5) is 10.5 Å². The van der Waals surface area contributed by atoms with Crippen molar-refractivity contribution in [3.05, 3.63) is 101 Å². The molecule has 4 amide bonds. The number of amides is 4. The van der Waals surface area contributed by atoms with Crippen molar-refractivity contribution in [3.63, 3.8) is 0 Å². The first-order valence-corrected chi connectivity index (χ1v) is 10.6. The molecule has 0 radical (unpaired) electrons. The van der Waals surface area contributed by atoms with Crippen molar-refractivity contribution in [2.24, 2.45) is 0 Å². The number of nitrogens with one attached hydrogen (secondary N) is 2. The number of nitrogens with zero attached hydrogens (tertiary/aromatic N) is 1. The van der Waals surface area contributed by atoms with Gasteiger partial charge in [-0.3, -0.25) is 14.5 Å². The summed E-state index contributed by atoms with van der Waals surface area (Å²) >= 11 is 3.34. The largest absolute Gasteiger partial charge is 0.325 e. The lowest BCUT2D eigenvalue weighted by atomic mass is 9.83. The molecular formula is C24H20BrN3O3. The van der Waals surface area contributed by atoms with Crippen molar-refractivity contribution in [3.8, 4) is 0 Å². The minimum Gasteiger partial charge on any atom is -0.325 e. The first-order valence-electron chi connectivity index (χ1n) is 9.77. The first kappa shape index (κ1) is 20.8. The molecular weight excluding hydrogens is 458 g/mol. The summed E-state index contributed by atoms with van der Waals surface area (Å²) in [6, 6.07) is 25.1. The van der Waals surface area contributed by atoms with Crippen LogP contribution in [0.5, 0.6) is 0 Å². The van der Waals surface area contributed by atoms with Crippen LogP contribution in [0, 0.1) is 0 Å². The third-order valence-corrected chi connectivity index (χ3v) is 5.71. The fraction of sp³-hybridized carbons (Fsp3) is 0.125. The van der Waals surface area contributed by atoms with Crippen LogP contribution >= 0.6 is 15.9 Å². The Balaban J connectivity index is 1.59. The third-order valence-electron chi connectivity index (χ3n) is 5.18. The first-order chi connectivity index (χ1) is 15.0. The number of urea groups is 1. The quantitative estimate of drug-likeness (QED) is 0.525. The number of benzene rings is 3. The summed E-state index contributed by atoms with van der Waals surface area (Å²) in [5.41, 5.74) is 0.894. The highest BCUT2D eigenvalue weighted by molar-refractivity contribution is 9.10. The fourth-order valence-electron chi connectivity index (χ4n) is 3.69. The second-order valence-corrected chi connectivity index (χ2v) is 8.23. The molecule has 0 spiro atoms. The SMILES string of the molecule is O=C(CN1C(=O)NC(Cc2ccccc2)(c2ccccc2)C1=O)Nc1ccc(Br)cc1. The molecule has 1 aliphatic heterocycles. The number of hydrogen-bond donors (Lipinski definition) is 2. The highest BCUT2D eigenvalue weighted by Crippen LogP contribution is 2.33. The Morgan fingerprint density at radius 2 is 1.52 bits per heavy atom. The van der Waals surface area contributed by atoms with Gasteiger partial charge in [0.15, 0.2) is 5.54 Å². The topological polar surface area (TPSA) is 78.5 Å². The van der Waals surface area contributed by atoms with E-state index >= 15 is 0 Å². The lowest BCUT2D eigenvalue weighted by molar-refractivity contribution is -0.134. The van der Waals surface area contributed by atoms with Gasteiger partial charge in [-0.1, -0.05) is 76.6 Å². The average molecular weight is 478 g/mol. The molecule has 0 aliphatic carbocycles. The van der Waals surface area contributed by atoms with Crippen molar-refractivity contribution >= 4 is 39.5 Å². The maximum Gasteiger partial charge on any atom is 0.325 e. The fourth-order valence-corrected chi connectivity index (χ4v) is 3.95. The van der Waals surface area contributed by atoms with Crippen LogP contribution < -0.4 is 10.6 Å². The van der Waals surface area contributed by atoms with Gasteiger partial charge < -0.3 is 10.6 Å². The van der Waals surface area contributed by atoms with Gasteiger partial charge in [-0.25, -0.2) is 4.79 Å². The Morgan fingerprint density at radius 3 is 2.16 bits per heavy atom. The van der Waals surface area contributed by atoms with Crippen molar-refractivity contribution < 1.29 is 14.4 Å². The highest BCUT2D eigenvalue weighted by Gasteiger charge is 2.52. The Bertz CT molecular complexity index is 1100. The van der Waals surface area contributed by atoms with Crippen molar-refractivity contribution in [1.82, 2.24) is 10.2 Å². The second kappa shape index (κ2) is 8.73. The summed E-state index contributed by atoms with van der Waals surface area (Å²) in [6.07, 6.45) is 0.285. The van der Waals surface area contributed by atoms with Gasteiger partial charge in [-0.15, -0.1) is 0 Å². The van der Waals surface area contributed by atoms with Crippen LogP contribution in [0.1, 0.15) is 11.1 Å². The minimum absolute atomic E-state index is 0.285. The number of carbonyl (C=O) groups is 3. The third kappa shape index (κ3) is 4.36. The van der Waals surface area contributed by atoms with Crippen LogP contribution in [0.25, 0.3) is 0 Å². The lowest BCUT2D eigenvalue weighted by Crippen LogP contribution is -2.46. The molecule has 0 saturated carbocycles. The van der Waals surface area contributed by atoms with E-state index in [9.17, 15) is 14.4 Å². The van der Waals surface area contributed by atoms with Crippen molar-refractivity contribution in [2.45, 2.75) is 12.0 Å². The van der Waals surface area contributed by atoms with E-state index in [1.165, 1.54) is 0 Å². The Morgan fingerprint density at radius 1 is 0.903 bits per heavy atom. The maximum absolute atomic E-state index is 13.5. The van der Waals surface area contributed by atoms with Gasteiger partial charge in [0.1, 0.15) is 6.54 Å². The number of rotatable bonds is 6. The summed E-state index contributed by atoms with van der Waals surface area (Å²) < 4.78 is 0.883. The standard InChI is InChI=1S/C24H20BrN3O3/c25-19-11-13-20(14-12-19)26-21(29)16-28-22(30)24(27-23(28)31,18-9-5-2-6-10-18)15-17-7-3-1-4-8-17/h1-14H,15-16H2,(H,26,29)(H,27,31). The monoisotopic (exact) mass is 477 g/mol. The molecule has 3 aromatic carbocycles. The van der Waals surface area contributed by atoms with Crippen molar-refractivity contribution in [2.75, 3.05) is 11.9 Å². The van der Waals surface area contributed by atoms with Gasteiger partial charge in [0, 0.05) is 16.6 Å². The van der Waals surface area contributed by atoms with Crippen molar-refractivity contribution in [1.29, 1.82) is 0 Å². The molecule has 31 heavy (non-hydrogen) atoms. The van der Waals surface area contributed by atoms with E-state index < -0.39 is 23.4 Å². The number of hydrogen-bond acceptors (Lipinski definition) is 3. The highest BCUT2D eigenvalue weighted by atomic mass is 79.9. The maximum atomic E-state index is 13.5. The molecule has 1 saturated heterocycles. The van der Waals surface area contributed by atoms with Gasteiger partial charge in [-0.05, 0) is 35.4 Å². The van der Waals surface area contributed by atoms with E-state index in [2.05, 4.69) is 26.6 Å². The molecule has 1 fully saturated rings. The van der Waals surface area contributed by atoms with Gasteiger partial charge in [0.25, 0.3) is 5.91 Å². The molecule has 156 valence electrons. The van der Waals surface area contributed by atoms with Gasteiger partial charge in [0.2, 0.25) is 5.91 Å². The summed E-state index contributed by atoms with van der Waals surface area (Å²) in [4.78, 5) is 39.9. The van der Waals surface area contributed by atoms with Gasteiger partial charge in [-0.2, -0.15) is 0 Å². The Labute approximate surface area is 188 Å². The zero-order chi connectivity index (χ0) is 21.8. The molecule has 7 heteroatoms. The molecule has 6 nitrogen and oxygen atoms in total. The van der Waals surface area contributed by atoms with E-state index in [-0.39, 0.29) is 13.0 Å². The zero-order valence-electron chi connectivity index (χ0n) is 16.5. The number of imide groups is 1. The van der Waals surface area contributed by atoms with Crippen LogP contribution in [-0.4, -0.2) is 29.3 Å². The summed E-state index contributed by atoms with van der Waals surface area (Å²) in [7, 11) is 0. The summed E-state index contributed by atoms with van der Waals surface area (Å²) in [5.74, 6) is -0.895. The van der Waals surface area contributed by atoms with Crippen LogP contribution in [0.3, 0.4) is 0 Å². The molecule has 1 heterocycles. The summed E-state index contributed by atoms with van der Waals surface area (Å²) in [5, 5.41) is 5.58. The minimum atomic E-state index is -1.27. The molecule has 1 aliphatic rings. The predicted molar refractivity (Wildman–Crippen MR) is 121 cm³/mol. The van der Waals surface area contributed by atoms with E-state index in [0.717, 1.165) is 14.9 Å². The smallest absolute Gasteiger partial charge is 0.325 e. The Hall–Kier alpha value is -3.45. The van der Waals surface area contributed by atoms with E-state index in [1.807, 2.05) is 60.7 Å². The lowest BCUT2D eigenvalue weighted by Gasteiger charge is -2.27. The molecule has 1 atom stereocenters. The average Bonchev–Trinajstić information content (AvgIpc) is 3.01. The second-order valence-electron chi connectivity index (χ2n) is 7.31. The number of carbonyl (C=O) groups excluding carboxylic acids is 3. The van der Waals surface area contributed by atoms with Crippen LogP contribution in [0.2, 0.25) is 0 Å². The van der Waals surface area contributed by atoms with Crippen LogP contribution in [0.15, 0.2) is 89.4 Å². The van der Waals surface area contributed by atoms with Gasteiger partial charge >= 0.3 is 6.03 Å². The van der Waals surface area contributed by atoms with E-state index in [1.54, 1.807) is 24.3 Å². The van der Waals surface area contributed by atoms with Gasteiger partial charge in [0.05, 0.1) is 0 Å². The Kier molecular flexibility index (Phi) is 5.86. The normalized spacial score (nSPS) is 18.0. The number of anilines is 1. The molecule has 1 unspecified atom stereocenters. The molecule has 4 rings (SSSR count). The molecule has 2 N–H and O–H groups in total. The zero-order valence-corrected chi connectivity index (χ0v) is 18.1. The molecule has 0 aromatic heterocycles. The summed E-state index contributed by atoms with van der Waals surface area (Å²) in [6.45, 7) is -0.371. The van der Waals surface area contributed by atoms with Crippen LogP contribution in [-0.2, 0) is 21.5 Å². The van der Waals surface area contributed by atoms with E-state index in [4.69, 9.17) is 0 Å². The number of halogens is 1. The molecule has 0 bridgehead atoms. The van der Waals surface area contributed by atoms with E-state index in [0.29, 0.717) is 11.3 Å². The predicted octanol–water partition coefficient (Wildman–Crippen LogP) is 4.08.